The predicted octanol–water partition coefficient (Wildman–Crippen LogP) is 0.242. The van der Waals surface area contributed by atoms with Crippen LogP contribution < -0.4 is 16.0 Å². The number of nitrogens with two attached hydrogens (primary N) is 1. The number of methoxy groups -OCH3 is 1. The average Bonchev–Trinajstić information content (AvgIpc) is 2.77. The van der Waals surface area contributed by atoms with Gasteiger partial charge in [-0.1, -0.05) is 0 Å². The molecule has 1 saturated heterocycles. The van der Waals surface area contributed by atoms with E-state index in [2.05, 4.69) is 15.3 Å². The average molecular weight is 267 g/mol. The van der Waals surface area contributed by atoms with Gasteiger partial charge >= 0.3 is 5.97 Å². The molecule has 0 aliphatic carbocycles. The number of nitrogens with one attached hydrogen (secondary N) is 1. The Morgan fingerprint density at radius 1 is 1.42 bits per heavy atom. The van der Waals surface area contributed by atoms with Gasteiger partial charge < -0.3 is 20.7 Å². The van der Waals surface area contributed by atoms with Gasteiger partial charge in [0.1, 0.15) is 11.4 Å². The first kappa shape index (κ1) is 13.7. The molecule has 1 aliphatic rings. The Morgan fingerprint density at radius 3 is 2.58 bits per heavy atom. The van der Waals surface area contributed by atoms with Crippen molar-refractivity contribution >= 4 is 17.6 Å². The minimum absolute atomic E-state index is 0.0973. The monoisotopic (exact) mass is 267 g/mol. The Balaban J connectivity index is 2.45. The van der Waals surface area contributed by atoms with Crippen LogP contribution >= 0.6 is 0 Å². The standard InChI is InChI=1S/C12H21N5O2/c1-8(2)17-10(13)9(12(18)19-3)11(15-17)16-6-4-14-5-7-16/h8,14H,4-7,13H2,1-3H3. The molecule has 3 N–H and O–H groups in total. The van der Waals surface area contributed by atoms with Crippen molar-refractivity contribution in [3.63, 3.8) is 0 Å². The van der Waals surface area contributed by atoms with Crippen molar-refractivity contribution in [2.75, 3.05) is 43.9 Å². The van der Waals surface area contributed by atoms with E-state index in [9.17, 15) is 4.79 Å². The van der Waals surface area contributed by atoms with Crippen molar-refractivity contribution in [2.24, 2.45) is 0 Å². The van der Waals surface area contributed by atoms with Crippen LogP contribution in [0.5, 0.6) is 0 Å². The summed E-state index contributed by atoms with van der Waals surface area (Å²) in [7, 11) is 1.36. The Hall–Kier alpha value is -1.76. The number of nitrogens with zero attached hydrogens (tertiary/aromatic N) is 3. The summed E-state index contributed by atoms with van der Waals surface area (Å²) >= 11 is 0. The summed E-state index contributed by atoms with van der Waals surface area (Å²) in [6.07, 6.45) is 0. The molecule has 0 unspecified atom stereocenters. The lowest BCUT2D eigenvalue weighted by atomic mass is 10.2. The number of piperazine rings is 1. The zero-order valence-electron chi connectivity index (χ0n) is 11.6. The summed E-state index contributed by atoms with van der Waals surface area (Å²) in [6, 6.07) is 0.0973. The first-order valence-electron chi connectivity index (χ1n) is 6.48. The molecule has 2 heterocycles. The van der Waals surface area contributed by atoms with Crippen molar-refractivity contribution in [1.29, 1.82) is 0 Å². The number of nitrogen functional groups attached to an aromatic ring is 1. The highest BCUT2D eigenvalue weighted by atomic mass is 16.5. The Labute approximate surface area is 112 Å². The Bertz CT molecular complexity index is 463. The lowest BCUT2D eigenvalue weighted by Crippen LogP contribution is -2.44. The van der Waals surface area contributed by atoms with Crippen LogP contribution in [0.15, 0.2) is 0 Å². The fraction of sp³-hybridized carbons (Fsp3) is 0.667. The molecule has 0 bridgehead atoms. The minimum atomic E-state index is -0.432. The van der Waals surface area contributed by atoms with E-state index in [0.717, 1.165) is 26.2 Å². The number of anilines is 2. The molecule has 1 aromatic rings. The van der Waals surface area contributed by atoms with Crippen molar-refractivity contribution in [1.82, 2.24) is 15.1 Å². The van der Waals surface area contributed by atoms with E-state index >= 15 is 0 Å². The van der Waals surface area contributed by atoms with Crippen LogP contribution in [0.4, 0.5) is 11.6 Å². The molecule has 0 atom stereocenters. The second-order valence-electron chi connectivity index (χ2n) is 4.85. The van der Waals surface area contributed by atoms with Crippen LogP contribution in [0.3, 0.4) is 0 Å². The summed E-state index contributed by atoms with van der Waals surface area (Å²) in [6.45, 7) is 7.30. The molecule has 1 fully saturated rings. The normalized spacial score (nSPS) is 15.9. The Kier molecular flexibility index (Phi) is 3.94. The Morgan fingerprint density at radius 2 is 2.05 bits per heavy atom. The quantitative estimate of drug-likeness (QED) is 0.763. The van der Waals surface area contributed by atoms with E-state index in [1.54, 1.807) is 4.68 Å². The smallest absolute Gasteiger partial charge is 0.345 e. The third-order valence-corrected chi connectivity index (χ3v) is 3.22. The number of rotatable bonds is 3. The molecule has 0 amide bonds. The van der Waals surface area contributed by atoms with Crippen molar-refractivity contribution in [2.45, 2.75) is 19.9 Å². The fourth-order valence-corrected chi connectivity index (χ4v) is 2.22. The van der Waals surface area contributed by atoms with E-state index < -0.39 is 5.97 Å². The number of carbonyl (C=O) groups is 1. The summed E-state index contributed by atoms with van der Waals surface area (Å²) < 4.78 is 6.50. The fourth-order valence-electron chi connectivity index (χ4n) is 2.22. The van der Waals surface area contributed by atoms with Crippen molar-refractivity contribution in [3.05, 3.63) is 5.56 Å². The SMILES string of the molecule is COC(=O)c1c(N2CCNCC2)nn(C(C)C)c1N. The van der Waals surface area contributed by atoms with E-state index in [4.69, 9.17) is 10.5 Å². The summed E-state index contributed by atoms with van der Waals surface area (Å²) in [5.41, 5.74) is 6.42. The molecule has 1 aromatic heterocycles. The number of hydrogen-bond acceptors (Lipinski definition) is 6. The number of esters is 1. The van der Waals surface area contributed by atoms with E-state index in [1.807, 2.05) is 13.8 Å². The van der Waals surface area contributed by atoms with Gasteiger partial charge in [-0.2, -0.15) is 5.10 Å². The molecule has 1 aliphatic heterocycles. The number of carbonyl (C=O) groups excluding carboxylic acids is 1. The van der Waals surface area contributed by atoms with Gasteiger partial charge in [-0.15, -0.1) is 0 Å². The lowest BCUT2D eigenvalue weighted by Gasteiger charge is -2.27. The number of ether oxygens (including phenoxy) is 1. The zero-order valence-corrected chi connectivity index (χ0v) is 11.6. The van der Waals surface area contributed by atoms with Gasteiger partial charge in [0.15, 0.2) is 5.82 Å². The van der Waals surface area contributed by atoms with Gasteiger partial charge in [-0.05, 0) is 13.8 Å². The molecule has 0 aromatic carbocycles. The first-order valence-corrected chi connectivity index (χ1v) is 6.48. The van der Waals surface area contributed by atoms with Gasteiger partial charge in [0.2, 0.25) is 0 Å². The van der Waals surface area contributed by atoms with E-state index in [0.29, 0.717) is 17.2 Å². The van der Waals surface area contributed by atoms with Crippen LogP contribution in [-0.2, 0) is 4.74 Å². The van der Waals surface area contributed by atoms with Crippen LogP contribution in [0, 0.1) is 0 Å². The topological polar surface area (TPSA) is 85.4 Å². The van der Waals surface area contributed by atoms with E-state index in [-0.39, 0.29) is 6.04 Å². The predicted molar refractivity (Wildman–Crippen MR) is 73.4 cm³/mol. The highest BCUT2D eigenvalue weighted by molar-refractivity contribution is 5.99. The van der Waals surface area contributed by atoms with Gasteiger partial charge in [0, 0.05) is 32.2 Å². The lowest BCUT2D eigenvalue weighted by molar-refractivity contribution is 0.0602. The molecule has 0 spiro atoms. The zero-order chi connectivity index (χ0) is 14.0. The van der Waals surface area contributed by atoms with Gasteiger partial charge in [-0.25, -0.2) is 9.48 Å². The van der Waals surface area contributed by atoms with Crippen molar-refractivity contribution in [3.8, 4) is 0 Å². The molecule has 7 nitrogen and oxygen atoms in total. The highest BCUT2D eigenvalue weighted by Gasteiger charge is 2.28. The number of aromatic nitrogens is 2. The molecule has 0 saturated carbocycles. The highest BCUT2D eigenvalue weighted by Crippen LogP contribution is 2.28. The molecule has 2 rings (SSSR count). The first-order chi connectivity index (χ1) is 9.06. The summed E-state index contributed by atoms with van der Waals surface area (Å²) in [4.78, 5) is 14.0. The third kappa shape index (κ3) is 2.51. The van der Waals surface area contributed by atoms with Gasteiger partial charge in [0.25, 0.3) is 0 Å². The molecule has 106 valence electrons. The summed E-state index contributed by atoms with van der Waals surface area (Å²) in [5, 5.41) is 7.76. The largest absolute Gasteiger partial charge is 0.465 e. The molecule has 19 heavy (non-hydrogen) atoms. The maximum Gasteiger partial charge on any atom is 0.345 e. The second kappa shape index (κ2) is 5.48. The minimum Gasteiger partial charge on any atom is -0.465 e. The van der Waals surface area contributed by atoms with Crippen LogP contribution in [0.25, 0.3) is 0 Å². The molecule has 0 radical (unpaired) electrons. The maximum absolute atomic E-state index is 11.9. The van der Waals surface area contributed by atoms with Crippen LogP contribution in [0.1, 0.15) is 30.2 Å². The molecular formula is C12H21N5O2. The maximum atomic E-state index is 11.9. The molecular weight excluding hydrogens is 246 g/mol. The molecule has 7 heteroatoms. The summed E-state index contributed by atoms with van der Waals surface area (Å²) in [5.74, 6) is 0.563. The van der Waals surface area contributed by atoms with Gasteiger partial charge in [-0.3, -0.25) is 0 Å². The van der Waals surface area contributed by atoms with Gasteiger partial charge in [0.05, 0.1) is 7.11 Å². The number of hydrogen-bond donors (Lipinski definition) is 2. The van der Waals surface area contributed by atoms with Crippen molar-refractivity contribution < 1.29 is 9.53 Å². The van der Waals surface area contributed by atoms with E-state index in [1.165, 1.54) is 7.11 Å². The van der Waals surface area contributed by atoms with Crippen LogP contribution in [0.2, 0.25) is 0 Å². The third-order valence-electron chi connectivity index (χ3n) is 3.22. The second-order valence-corrected chi connectivity index (χ2v) is 4.85. The van der Waals surface area contributed by atoms with Crippen LogP contribution in [-0.4, -0.2) is 49.0 Å².